The van der Waals surface area contributed by atoms with Crippen molar-refractivity contribution in [1.29, 1.82) is 0 Å². The fourth-order valence-corrected chi connectivity index (χ4v) is 5.70. The Labute approximate surface area is 178 Å². The van der Waals surface area contributed by atoms with Gasteiger partial charge < -0.3 is 0 Å². The number of thiophene rings is 1. The number of carbonyl (C=O) groups excluding carboxylic acids is 2. The predicted octanol–water partition coefficient (Wildman–Crippen LogP) is 5.36. The zero-order valence-corrected chi connectivity index (χ0v) is 17.4. The average Bonchev–Trinajstić information content (AvgIpc) is 3.48. The molecule has 0 fully saturated rings. The van der Waals surface area contributed by atoms with Gasteiger partial charge in [-0.3, -0.25) is 14.9 Å². The molecule has 2 aromatic heterocycles. The smallest absolute Gasteiger partial charge is 0.257 e. The molecule has 5 nitrogen and oxygen atoms in total. The molecule has 1 N–H and O–H groups in total. The van der Waals surface area contributed by atoms with Gasteiger partial charge in [-0.25, -0.2) is 0 Å². The molecule has 29 heavy (non-hydrogen) atoms. The Morgan fingerprint density at radius 2 is 1.79 bits per heavy atom. The van der Waals surface area contributed by atoms with Crippen LogP contribution in [0.5, 0.6) is 0 Å². The van der Waals surface area contributed by atoms with Crippen molar-refractivity contribution in [2.24, 2.45) is 0 Å². The summed E-state index contributed by atoms with van der Waals surface area (Å²) >= 11 is 4.63. The van der Waals surface area contributed by atoms with E-state index >= 15 is 0 Å². The van der Waals surface area contributed by atoms with Gasteiger partial charge in [0.25, 0.3) is 5.91 Å². The number of nitrogens with zero attached hydrogens (tertiary/aromatic N) is 2. The van der Waals surface area contributed by atoms with Crippen LogP contribution >= 0.6 is 34.4 Å². The molecule has 0 radical (unpaired) electrons. The maximum Gasteiger partial charge on any atom is 0.257 e. The summed E-state index contributed by atoms with van der Waals surface area (Å²) in [7, 11) is 0. The number of fused-ring (bicyclic) bond motifs is 3. The maximum atomic E-state index is 12.7. The van der Waals surface area contributed by atoms with Crippen LogP contribution in [0.25, 0.3) is 11.1 Å². The van der Waals surface area contributed by atoms with Crippen LogP contribution in [0.2, 0.25) is 0 Å². The van der Waals surface area contributed by atoms with Gasteiger partial charge in [0.15, 0.2) is 10.1 Å². The average molecular weight is 436 g/mol. The molecule has 0 atom stereocenters. The van der Waals surface area contributed by atoms with Crippen LogP contribution in [0.15, 0.2) is 64.3 Å². The van der Waals surface area contributed by atoms with Crippen LogP contribution in [-0.4, -0.2) is 21.9 Å². The molecule has 0 aliphatic heterocycles. The lowest BCUT2D eigenvalue weighted by atomic mass is 10.0. The number of ketones is 1. The van der Waals surface area contributed by atoms with E-state index in [2.05, 4.69) is 21.6 Å². The van der Waals surface area contributed by atoms with Crippen LogP contribution in [0.3, 0.4) is 0 Å². The van der Waals surface area contributed by atoms with Crippen molar-refractivity contribution in [3.8, 4) is 11.1 Å². The van der Waals surface area contributed by atoms with Gasteiger partial charge in [-0.05, 0) is 34.7 Å². The third-order valence-corrected chi connectivity index (χ3v) is 7.61. The van der Waals surface area contributed by atoms with E-state index in [1.807, 2.05) is 41.8 Å². The quantitative estimate of drug-likeness (QED) is 0.297. The van der Waals surface area contributed by atoms with Crippen molar-refractivity contribution in [3.63, 3.8) is 0 Å². The number of benzene rings is 2. The molecule has 8 heteroatoms. The van der Waals surface area contributed by atoms with Crippen LogP contribution in [0.1, 0.15) is 31.2 Å². The third kappa shape index (κ3) is 3.50. The Bertz CT molecular complexity index is 1230. The topological polar surface area (TPSA) is 72.0 Å². The zero-order valence-electron chi connectivity index (χ0n) is 14.9. The molecule has 0 saturated heterocycles. The lowest BCUT2D eigenvalue weighted by Gasteiger charge is -2.04. The fraction of sp³-hybridized carbons (Fsp3) is 0.0476. The molecule has 1 aliphatic rings. The number of amides is 1. The van der Waals surface area contributed by atoms with Gasteiger partial charge in [0.2, 0.25) is 5.13 Å². The highest BCUT2D eigenvalue weighted by molar-refractivity contribution is 8.00. The molecule has 142 valence electrons. The zero-order chi connectivity index (χ0) is 19.8. The van der Waals surface area contributed by atoms with E-state index in [1.165, 1.54) is 16.2 Å². The van der Waals surface area contributed by atoms with Crippen molar-refractivity contribution < 1.29 is 9.59 Å². The Kier molecular flexibility index (Phi) is 4.75. The van der Waals surface area contributed by atoms with Crippen molar-refractivity contribution >= 4 is 51.3 Å². The standard InChI is InChI=1S/C21H13N3O2S3/c25-18-16-6-2-1-5-14(16)15-8-7-12(10-17(15)18)19(26)22-20-23-24-21(29-20)28-11-13-4-3-9-27-13/h1-10H,11H2,(H,22,23,26). The summed E-state index contributed by atoms with van der Waals surface area (Å²) < 4.78 is 0.799. The summed E-state index contributed by atoms with van der Waals surface area (Å²) in [5.41, 5.74) is 3.44. The molecule has 2 heterocycles. The molecule has 1 amide bonds. The summed E-state index contributed by atoms with van der Waals surface area (Å²) in [6.07, 6.45) is 0. The van der Waals surface area contributed by atoms with E-state index in [4.69, 9.17) is 0 Å². The van der Waals surface area contributed by atoms with Crippen molar-refractivity contribution in [3.05, 3.63) is 81.5 Å². The third-order valence-electron chi connectivity index (χ3n) is 4.53. The Morgan fingerprint density at radius 1 is 0.966 bits per heavy atom. The number of hydrogen-bond donors (Lipinski definition) is 1. The number of nitrogens with one attached hydrogen (secondary N) is 1. The summed E-state index contributed by atoms with van der Waals surface area (Å²) in [6.45, 7) is 0. The second-order valence-corrected chi connectivity index (χ2v) is 9.56. The molecule has 0 saturated carbocycles. The van der Waals surface area contributed by atoms with Crippen LogP contribution < -0.4 is 5.32 Å². The van der Waals surface area contributed by atoms with E-state index in [0.29, 0.717) is 21.8 Å². The molecule has 0 bridgehead atoms. The molecule has 0 unspecified atom stereocenters. The van der Waals surface area contributed by atoms with Gasteiger partial charge in [0.05, 0.1) is 0 Å². The van der Waals surface area contributed by atoms with Crippen molar-refractivity contribution in [1.82, 2.24) is 10.2 Å². The molecule has 2 aromatic carbocycles. The number of rotatable bonds is 5. The summed E-state index contributed by atoms with van der Waals surface area (Å²) in [4.78, 5) is 26.6. The second kappa shape index (κ2) is 7.55. The molecular weight excluding hydrogens is 422 g/mol. The first-order valence-corrected chi connectivity index (χ1v) is 11.5. The number of aromatic nitrogens is 2. The van der Waals surface area contributed by atoms with E-state index in [-0.39, 0.29) is 11.7 Å². The number of carbonyl (C=O) groups is 2. The van der Waals surface area contributed by atoms with Crippen molar-refractivity contribution in [2.75, 3.05) is 5.32 Å². The minimum absolute atomic E-state index is 0.0478. The normalized spacial score (nSPS) is 11.9. The molecule has 0 spiro atoms. The Balaban J connectivity index is 1.30. The van der Waals surface area contributed by atoms with Gasteiger partial charge in [-0.1, -0.05) is 59.5 Å². The monoisotopic (exact) mass is 435 g/mol. The van der Waals surface area contributed by atoms with E-state index in [9.17, 15) is 9.59 Å². The minimum atomic E-state index is -0.303. The fourth-order valence-electron chi connectivity index (χ4n) is 3.18. The SMILES string of the molecule is O=C(Nc1nnc(SCc2cccs2)s1)c1ccc2c(c1)C(=O)c1ccccc1-2. The number of hydrogen-bond acceptors (Lipinski definition) is 7. The highest BCUT2D eigenvalue weighted by atomic mass is 32.2. The second-order valence-electron chi connectivity index (χ2n) is 6.33. The summed E-state index contributed by atoms with van der Waals surface area (Å²) in [6, 6.07) is 16.8. The van der Waals surface area contributed by atoms with Crippen LogP contribution in [0.4, 0.5) is 5.13 Å². The summed E-state index contributed by atoms with van der Waals surface area (Å²) in [5.74, 6) is 0.476. The molecular formula is C21H13N3O2S3. The predicted molar refractivity (Wildman–Crippen MR) is 117 cm³/mol. The van der Waals surface area contributed by atoms with E-state index < -0.39 is 0 Å². The highest BCUT2D eigenvalue weighted by Gasteiger charge is 2.27. The van der Waals surface area contributed by atoms with Gasteiger partial charge in [-0.15, -0.1) is 21.5 Å². The highest BCUT2D eigenvalue weighted by Crippen LogP contribution is 2.37. The largest absolute Gasteiger partial charge is 0.296 e. The van der Waals surface area contributed by atoms with Gasteiger partial charge in [0.1, 0.15) is 0 Å². The lowest BCUT2D eigenvalue weighted by Crippen LogP contribution is -2.12. The summed E-state index contributed by atoms with van der Waals surface area (Å²) in [5, 5.41) is 13.4. The Hall–Kier alpha value is -2.81. The molecule has 1 aliphatic carbocycles. The van der Waals surface area contributed by atoms with Crippen molar-refractivity contribution in [2.45, 2.75) is 10.1 Å². The Morgan fingerprint density at radius 3 is 2.62 bits per heavy atom. The first-order valence-electron chi connectivity index (χ1n) is 8.77. The first kappa shape index (κ1) is 18.2. The van der Waals surface area contributed by atoms with Crippen LogP contribution in [0, 0.1) is 0 Å². The molecule has 5 rings (SSSR count). The lowest BCUT2D eigenvalue weighted by molar-refractivity contribution is 0.102. The maximum absolute atomic E-state index is 12.7. The van der Waals surface area contributed by atoms with Gasteiger partial charge in [0, 0.05) is 27.3 Å². The number of anilines is 1. The number of thioether (sulfide) groups is 1. The van der Waals surface area contributed by atoms with E-state index in [1.54, 1.807) is 35.2 Å². The van der Waals surface area contributed by atoms with Gasteiger partial charge in [-0.2, -0.15) is 0 Å². The minimum Gasteiger partial charge on any atom is -0.296 e. The van der Waals surface area contributed by atoms with Crippen LogP contribution in [-0.2, 0) is 5.75 Å². The van der Waals surface area contributed by atoms with Gasteiger partial charge >= 0.3 is 0 Å². The van der Waals surface area contributed by atoms with E-state index in [0.717, 1.165) is 21.2 Å². The first-order chi connectivity index (χ1) is 14.2. The molecule has 4 aromatic rings.